The number of nitrogens with zero attached hydrogens (tertiary/aromatic N) is 7. The summed E-state index contributed by atoms with van der Waals surface area (Å²) in [6.07, 6.45) is 6.98. The second-order valence-corrected chi connectivity index (χ2v) is 18.3. The SMILES string of the molecule is O=C1CCC(Nc2ccc(C3CCN(CC(=O)N4CCN(c5ccc(-c6cc(F)c7c(c6)C(=O)N(C(C(=O)Nc6nccs6)c6ncn8c6CCC8)C7)cc5)CC4)CC3)c(F)c2)C(=O)N1.[HH].[HH].[HH]. The van der Waals surface area contributed by atoms with E-state index in [0.717, 1.165) is 49.2 Å². The van der Waals surface area contributed by atoms with Crippen LogP contribution in [-0.4, -0.2) is 111 Å². The first kappa shape index (κ1) is 42.4. The zero-order chi connectivity index (χ0) is 44.8. The fraction of sp³-hybridized carbons (Fsp3) is 0.383. The van der Waals surface area contributed by atoms with Crippen molar-refractivity contribution in [2.75, 3.05) is 61.3 Å². The monoisotopic (exact) mass is 908 g/mol. The molecule has 2 aromatic heterocycles. The molecule has 0 saturated carbocycles. The van der Waals surface area contributed by atoms with Crippen molar-refractivity contribution in [1.29, 1.82) is 0 Å². The molecule has 5 amide bonds. The predicted octanol–water partition coefficient (Wildman–Crippen LogP) is 6.05. The van der Waals surface area contributed by atoms with Gasteiger partial charge in [-0.25, -0.2) is 18.7 Å². The summed E-state index contributed by atoms with van der Waals surface area (Å²) in [7, 11) is 0. The molecule has 65 heavy (non-hydrogen) atoms. The number of thiazole rings is 1. The first-order chi connectivity index (χ1) is 31.6. The van der Waals surface area contributed by atoms with Crippen molar-refractivity contribution in [3.8, 4) is 11.1 Å². The summed E-state index contributed by atoms with van der Waals surface area (Å²) in [6, 6.07) is 14.2. The molecule has 7 heterocycles. The predicted molar refractivity (Wildman–Crippen MR) is 245 cm³/mol. The Hall–Kier alpha value is -6.53. The number of amides is 5. The maximum Gasteiger partial charge on any atom is 0.255 e. The van der Waals surface area contributed by atoms with Crippen LogP contribution in [0.1, 0.15) is 81.2 Å². The van der Waals surface area contributed by atoms with Gasteiger partial charge in [0.1, 0.15) is 17.7 Å². The molecule has 5 aliphatic heterocycles. The highest BCUT2D eigenvalue weighted by atomic mass is 32.1. The molecule has 15 nitrogen and oxygen atoms in total. The normalized spacial score (nSPS) is 19.6. The van der Waals surface area contributed by atoms with Gasteiger partial charge in [-0.1, -0.05) is 18.2 Å². The van der Waals surface area contributed by atoms with Crippen molar-refractivity contribution >= 4 is 57.4 Å². The summed E-state index contributed by atoms with van der Waals surface area (Å²) in [4.78, 5) is 81.4. The van der Waals surface area contributed by atoms with E-state index in [0.29, 0.717) is 79.9 Å². The number of hydrogen-bond acceptors (Lipinski definition) is 11. The third kappa shape index (κ3) is 8.59. The van der Waals surface area contributed by atoms with Gasteiger partial charge in [0, 0.05) is 83.2 Å². The van der Waals surface area contributed by atoms with E-state index in [4.69, 9.17) is 0 Å². The van der Waals surface area contributed by atoms with Gasteiger partial charge >= 0.3 is 0 Å². The van der Waals surface area contributed by atoms with Crippen molar-refractivity contribution in [3.63, 3.8) is 0 Å². The highest BCUT2D eigenvalue weighted by Gasteiger charge is 2.42. The van der Waals surface area contributed by atoms with Gasteiger partial charge < -0.3 is 24.6 Å². The van der Waals surface area contributed by atoms with Crippen molar-refractivity contribution in [2.45, 2.75) is 69.6 Å². The van der Waals surface area contributed by atoms with E-state index in [9.17, 15) is 24.0 Å². The number of fused-ring (bicyclic) bond motifs is 2. The molecule has 0 radical (unpaired) electrons. The number of hydrogen-bond donors (Lipinski definition) is 3. The van der Waals surface area contributed by atoms with Gasteiger partial charge in [-0.2, -0.15) is 0 Å². The Morgan fingerprint density at radius 1 is 0.877 bits per heavy atom. The van der Waals surface area contributed by atoms with Crippen LogP contribution in [0.15, 0.2) is 72.5 Å². The van der Waals surface area contributed by atoms with Gasteiger partial charge in [-0.15, -0.1) is 11.3 Å². The van der Waals surface area contributed by atoms with E-state index >= 15 is 8.78 Å². The van der Waals surface area contributed by atoms with Crippen LogP contribution in [0.25, 0.3) is 11.1 Å². The second-order valence-electron chi connectivity index (χ2n) is 17.4. The Labute approximate surface area is 382 Å². The molecular formula is C47H54F2N10O5S. The molecule has 0 bridgehead atoms. The number of anilines is 3. The number of nitrogens with one attached hydrogen (secondary N) is 3. The number of likely N-dealkylation sites (tertiary alicyclic amines) is 1. The number of rotatable bonds is 11. The minimum atomic E-state index is -1.06. The average Bonchev–Trinajstić information content (AvgIpc) is 4.13. The molecule has 3 fully saturated rings. The quantitative estimate of drug-likeness (QED) is 0.133. The van der Waals surface area contributed by atoms with Gasteiger partial charge in [0.15, 0.2) is 11.2 Å². The number of piperazine rings is 1. The molecule has 3 aromatic carbocycles. The van der Waals surface area contributed by atoms with Crippen LogP contribution < -0.4 is 20.9 Å². The van der Waals surface area contributed by atoms with Crippen molar-refractivity contribution in [3.05, 3.63) is 112 Å². The largest absolute Gasteiger partial charge is 0.374 e. The standard InChI is InChI=1S/C47H48F2N10O5S.3H2/c48-36-23-30(22-34-35(36)25-59(46(34)64)43(45(63)54-47-50-13-21-65-47)42-39-2-1-14-58(39)27-51-42)28-3-6-32(7-4-28)56-17-19-57(20-18-56)41(61)26-55-15-11-29(12-16-55)33-8-5-31(24-37(33)49)52-38-9-10-40(60)53-44(38)62;;;/h3-8,13,21-24,27,29,38,43,52H,1-2,9-12,14-20,25-26H2,(H,50,54,63)(H,53,60,62);3*1H. The van der Waals surface area contributed by atoms with E-state index in [-0.39, 0.29) is 51.9 Å². The maximum atomic E-state index is 15.9. The van der Waals surface area contributed by atoms with Crippen LogP contribution in [0.4, 0.5) is 25.3 Å². The lowest BCUT2D eigenvalue weighted by molar-refractivity contribution is -0.134. The lowest BCUT2D eigenvalue weighted by atomic mass is 9.89. The molecule has 2 unspecified atom stereocenters. The van der Waals surface area contributed by atoms with Crippen LogP contribution in [0.3, 0.4) is 0 Å². The third-order valence-electron chi connectivity index (χ3n) is 13.5. The van der Waals surface area contributed by atoms with Gasteiger partial charge in [0.25, 0.3) is 11.8 Å². The lowest BCUT2D eigenvalue weighted by Gasteiger charge is -2.38. The molecule has 2 atom stereocenters. The Bertz CT molecular complexity index is 2680. The smallest absolute Gasteiger partial charge is 0.255 e. The molecule has 0 spiro atoms. The molecule has 5 aromatic rings. The highest BCUT2D eigenvalue weighted by molar-refractivity contribution is 7.13. The van der Waals surface area contributed by atoms with Gasteiger partial charge in [0.2, 0.25) is 17.7 Å². The molecule has 5 aliphatic rings. The number of piperidine rings is 2. The number of carbonyl (C=O) groups is 5. The topological polar surface area (TPSA) is 165 Å². The Morgan fingerprint density at radius 2 is 1.68 bits per heavy atom. The zero-order valence-electron chi connectivity index (χ0n) is 35.6. The summed E-state index contributed by atoms with van der Waals surface area (Å²) in [5, 5.41) is 10.3. The van der Waals surface area contributed by atoms with E-state index in [1.165, 1.54) is 28.4 Å². The summed E-state index contributed by atoms with van der Waals surface area (Å²) in [6.45, 7) is 4.82. The second kappa shape index (κ2) is 17.8. The number of aromatic nitrogens is 3. The van der Waals surface area contributed by atoms with Crippen molar-refractivity contribution in [1.82, 2.24) is 34.6 Å². The maximum absolute atomic E-state index is 15.9. The molecule has 342 valence electrons. The molecule has 10 rings (SSSR count). The first-order valence-electron chi connectivity index (χ1n) is 22.2. The number of imidazole rings is 1. The molecule has 0 aliphatic carbocycles. The van der Waals surface area contributed by atoms with Crippen molar-refractivity contribution in [2.24, 2.45) is 0 Å². The van der Waals surface area contributed by atoms with Gasteiger partial charge in [-0.3, -0.25) is 39.5 Å². The molecule has 3 saturated heterocycles. The van der Waals surface area contributed by atoms with Crippen LogP contribution in [-0.2, 0) is 38.7 Å². The van der Waals surface area contributed by atoms with Crippen LogP contribution in [0.5, 0.6) is 0 Å². The summed E-state index contributed by atoms with van der Waals surface area (Å²) < 4.78 is 33.2. The summed E-state index contributed by atoms with van der Waals surface area (Å²) in [5.41, 5.74) is 5.26. The number of carbonyl (C=O) groups excluding carboxylic acids is 5. The van der Waals surface area contributed by atoms with Gasteiger partial charge in [0.05, 0.1) is 25.1 Å². The Kier molecular flexibility index (Phi) is 11.6. The Balaban J connectivity index is 0.00000228. The van der Waals surface area contributed by atoms with Gasteiger partial charge in [-0.05, 0) is 104 Å². The number of imide groups is 1. The lowest BCUT2D eigenvalue weighted by Crippen LogP contribution is -2.51. The first-order valence-corrected chi connectivity index (χ1v) is 23.1. The number of benzene rings is 3. The van der Waals surface area contributed by atoms with E-state index in [1.54, 1.807) is 36.1 Å². The van der Waals surface area contributed by atoms with Crippen LogP contribution in [0, 0.1) is 11.6 Å². The minimum Gasteiger partial charge on any atom is -0.374 e. The van der Waals surface area contributed by atoms with Crippen LogP contribution in [0.2, 0.25) is 0 Å². The molecule has 18 heteroatoms. The van der Waals surface area contributed by atoms with E-state index < -0.39 is 35.6 Å². The average molecular weight is 909 g/mol. The highest BCUT2D eigenvalue weighted by Crippen LogP contribution is 2.38. The number of halogens is 2. The fourth-order valence-electron chi connectivity index (χ4n) is 9.92. The molecule has 3 N–H and O–H groups in total. The fourth-order valence-corrected chi connectivity index (χ4v) is 10.4. The van der Waals surface area contributed by atoms with E-state index in [1.807, 2.05) is 33.7 Å². The summed E-state index contributed by atoms with van der Waals surface area (Å²) in [5.74, 6) is -2.34. The third-order valence-corrected chi connectivity index (χ3v) is 14.1. The summed E-state index contributed by atoms with van der Waals surface area (Å²) >= 11 is 1.27. The minimum absolute atomic E-state index is 0. The van der Waals surface area contributed by atoms with Crippen LogP contribution >= 0.6 is 11.3 Å². The van der Waals surface area contributed by atoms with E-state index in [2.05, 4.69) is 35.7 Å². The molecular weight excluding hydrogens is 855 g/mol. The van der Waals surface area contributed by atoms with Crippen molar-refractivity contribution < 1.29 is 37.0 Å². The number of aryl methyl sites for hydroxylation is 1. The Morgan fingerprint density at radius 3 is 2.42 bits per heavy atom. The zero-order valence-corrected chi connectivity index (χ0v) is 36.4.